The minimum atomic E-state index is -0.962. The number of carbonyl (C=O) groups is 5. The molecule has 1 aliphatic heterocycles. The summed E-state index contributed by atoms with van der Waals surface area (Å²) >= 11 is 0. The van der Waals surface area contributed by atoms with Crippen molar-refractivity contribution in [3.8, 4) is 0 Å². The summed E-state index contributed by atoms with van der Waals surface area (Å²) in [5.74, 6) is -3.52. The highest BCUT2D eigenvalue weighted by atomic mass is 16.7. The van der Waals surface area contributed by atoms with Crippen molar-refractivity contribution in [2.75, 3.05) is 19.6 Å². The Morgan fingerprint density at radius 3 is 1.43 bits per heavy atom. The molecule has 0 radical (unpaired) electrons. The van der Waals surface area contributed by atoms with Crippen molar-refractivity contribution in [2.45, 2.75) is 79.4 Å². The molecule has 1 aliphatic rings. The summed E-state index contributed by atoms with van der Waals surface area (Å²) in [5.41, 5.74) is -1.49. The normalized spacial score (nSPS) is 14.2. The fraction of sp³-hybridized carbons (Fsp3) is 0.750. The van der Waals surface area contributed by atoms with Gasteiger partial charge in [-0.1, -0.05) is 13.8 Å². The molecule has 0 aromatic rings. The summed E-state index contributed by atoms with van der Waals surface area (Å²) in [4.78, 5) is 65.3. The molecule has 10 heteroatoms. The zero-order valence-electron chi connectivity index (χ0n) is 19.2. The molecule has 0 unspecified atom stereocenters. The van der Waals surface area contributed by atoms with E-state index in [0.29, 0.717) is 5.06 Å². The van der Waals surface area contributed by atoms with Gasteiger partial charge in [0.1, 0.15) is 17.7 Å². The molecule has 172 valence electrons. The molecule has 0 saturated carbocycles. The van der Waals surface area contributed by atoms with Crippen molar-refractivity contribution in [1.82, 2.24) is 9.96 Å². The van der Waals surface area contributed by atoms with E-state index in [9.17, 15) is 24.0 Å². The van der Waals surface area contributed by atoms with Crippen molar-refractivity contribution in [3.63, 3.8) is 0 Å². The van der Waals surface area contributed by atoms with Gasteiger partial charge < -0.3 is 14.3 Å². The maximum Gasteiger partial charge on any atom is 0.347 e. The topological polar surface area (TPSA) is 120 Å². The van der Waals surface area contributed by atoms with E-state index in [2.05, 4.69) is 0 Å². The van der Waals surface area contributed by atoms with Gasteiger partial charge in [0.25, 0.3) is 11.8 Å². The van der Waals surface area contributed by atoms with E-state index in [1.807, 2.05) is 13.8 Å². The predicted octanol–water partition coefficient (Wildman–Crippen LogP) is 1.61. The highest BCUT2D eigenvalue weighted by molar-refractivity contribution is 6.01. The molecule has 0 bridgehead atoms. The molecule has 0 aliphatic carbocycles. The Labute approximate surface area is 177 Å². The predicted molar refractivity (Wildman–Crippen MR) is 107 cm³/mol. The fourth-order valence-electron chi connectivity index (χ4n) is 2.25. The van der Waals surface area contributed by atoms with Gasteiger partial charge in [-0.2, -0.15) is 0 Å². The number of amides is 2. The molecule has 1 heterocycles. The standard InChI is InChI=1S/C18H28N2O8.C2H6/c1-17(2,3)26-14(23)9-19(10-15(24)27-18(4,5)6)11-16(25)28-20-12(21)7-8-13(20)22;1-2/h7-11H2,1-6H3;1-2H3. The van der Waals surface area contributed by atoms with Gasteiger partial charge in [0.15, 0.2) is 0 Å². The van der Waals surface area contributed by atoms with Crippen LogP contribution in [0.1, 0.15) is 68.2 Å². The van der Waals surface area contributed by atoms with Crippen LogP contribution in [0.25, 0.3) is 0 Å². The Morgan fingerprint density at radius 1 is 0.767 bits per heavy atom. The molecule has 1 rings (SSSR count). The molecular weight excluding hydrogens is 396 g/mol. The van der Waals surface area contributed by atoms with Gasteiger partial charge >= 0.3 is 17.9 Å². The minimum absolute atomic E-state index is 0.0361. The van der Waals surface area contributed by atoms with Crippen LogP contribution < -0.4 is 0 Å². The molecule has 1 fully saturated rings. The number of ether oxygens (including phenoxy) is 2. The number of hydroxylamine groups is 2. The number of carbonyl (C=O) groups excluding carboxylic acids is 5. The van der Waals surface area contributed by atoms with Crippen LogP contribution in [0.3, 0.4) is 0 Å². The highest BCUT2D eigenvalue weighted by Crippen LogP contribution is 2.13. The lowest BCUT2D eigenvalue weighted by Gasteiger charge is -2.26. The molecule has 30 heavy (non-hydrogen) atoms. The Balaban J connectivity index is 0.00000407. The SMILES string of the molecule is CC.CC(C)(C)OC(=O)CN(CC(=O)ON1C(=O)CCC1=O)CC(=O)OC(C)(C)C. The zero-order chi connectivity index (χ0) is 23.7. The van der Waals surface area contributed by atoms with Crippen LogP contribution >= 0.6 is 0 Å². The Bertz CT molecular complexity index is 600. The first-order valence-corrected chi connectivity index (χ1v) is 9.89. The Hall–Kier alpha value is -2.49. The summed E-state index contributed by atoms with van der Waals surface area (Å²) in [6, 6.07) is 0. The third-order valence-electron chi connectivity index (χ3n) is 3.10. The quantitative estimate of drug-likeness (QED) is 0.438. The van der Waals surface area contributed by atoms with E-state index in [-0.39, 0.29) is 25.9 Å². The lowest BCUT2D eigenvalue weighted by Crippen LogP contribution is -2.44. The second-order valence-electron chi connectivity index (χ2n) is 8.36. The second kappa shape index (κ2) is 11.6. The number of hydrogen-bond acceptors (Lipinski definition) is 9. The molecular formula is C20H34N2O8. The lowest BCUT2D eigenvalue weighted by molar-refractivity contribution is -0.198. The van der Waals surface area contributed by atoms with E-state index in [1.165, 1.54) is 0 Å². The average molecular weight is 430 g/mol. The smallest absolute Gasteiger partial charge is 0.347 e. The van der Waals surface area contributed by atoms with Crippen LogP contribution in [-0.4, -0.2) is 70.5 Å². The van der Waals surface area contributed by atoms with Crippen LogP contribution in [0.5, 0.6) is 0 Å². The minimum Gasteiger partial charge on any atom is -0.459 e. The van der Waals surface area contributed by atoms with Crippen molar-refractivity contribution in [3.05, 3.63) is 0 Å². The highest BCUT2D eigenvalue weighted by Gasteiger charge is 2.34. The first-order chi connectivity index (χ1) is 13.7. The number of imide groups is 1. The van der Waals surface area contributed by atoms with E-state index in [4.69, 9.17) is 14.3 Å². The number of rotatable bonds is 7. The van der Waals surface area contributed by atoms with Crippen LogP contribution in [0, 0.1) is 0 Å². The maximum atomic E-state index is 12.1. The van der Waals surface area contributed by atoms with Gasteiger partial charge in [0, 0.05) is 12.8 Å². The molecule has 0 N–H and O–H groups in total. The van der Waals surface area contributed by atoms with Crippen LogP contribution in [0.2, 0.25) is 0 Å². The second-order valence-corrected chi connectivity index (χ2v) is 8.36. The van der Waals surface area contributed by atoms with Gasteiger partial charge in [-0.05, 0) is 41.5 Å². The Kier molecular flexibility index (Phi) is 10.7. The van der Waals surface area contributed by atoms with Crippen molar-refractivity contribution in [2.24, 2.45) is 0 Å². The van der Waals surface area contributed by atoms with E-state index >= 15 is 0 Å². The van der Waals surface area contributed by atoms with Gasteiger partial charge in [-0.15, -0.1) is 5.06 Å². The van der Waals surface area contributed by atoms with Crippen molar-refractivity contribution < 1.29 is 38.3 Å². The lowest BCUT2D eigenvalue weighted by atomic mass is 10.2. The fourth-order valence-corrected chi connectivity index (χ4v) is 2.25. The van der Waals surface area contributed by atoms with E-state index < -0.39 is 47.5 Å². The molecule has 0 atom stereocenters. The molecule has 2 amide bonds. The summed E-state index contributed by atoms with van der Waals surface area (Å²) < 4.78 is 10.4. The first-order valence-electron chi connectivity index (χ1n) is 9.89. The average Bonchev–Trinajstić information content (AvgIpc) is 2.84. The van der Waals surface area contributed by atoms with Gasteiger partial charge in [0.05, 0.1) is 13.1 Å². The van der Waals surface area contributed by atoms with Gasteiger partial charge in [-0.3, -0.25) is 24.1 Å². The van der Waals surface area contributed by atoms with Crippen molar-refractivity contribution in [1.29, 1.82) is 0 Å². The van der Waals surface area contributed by atoms with Crippen LogP contribution in [0.15, 0.2) is 0 Å². The van der Waals surface area contributed by atoms with E-state index in [1.54, 1.807) is 41.5 Å². The van der Waals surface area contributed by atoms with Crippen molar-refractivity contribution >= 4 is 29.7 Å². The molecule has 10 nitrogen and oxygen atoms in total. The van der Waals surface area contributed by atoms with E-state index in [0.717, 1.165) is 4.90 Å². The largest absolute Gasteiger partial charge is 0.459 e. The number of esters is 2. The summed E-state index contributed by atoms with van der Waals surface area (Å²) in [7, 11) is 0. The summed E-state index contributed by atoms with van der Waals surface area (Å²) in [5, 5.41) is 0.404. The maximum absolute atomic E-state index is 12.1. The van der Waals surface area contributed by atoms with Gasteiger partial charge in [0.2, 0.25) is 0 Å². The third-order valence-corrected chi connectivity index (χ3v) is 3.10. The zero-order valence-corrected chi connectivity index (χ0v) is 19.2. The van der Waals surface area contributed by atoms with Crippen LogP contribution in [0.4, 0.5) is 0 Å². The monoisotopic (exact) mass is 430 g/mol. The molecule has 1 saturated heterocycles. The Morgan fingerprint density at radius 2 is 1.10 bits per heavy atom. The molecule has 0 aromatic heterocycles. The first kappa shape index (κ1) is 27.5. The molecule has 0 spiro atoms. The summed E-state index contributed by atoms with van der Waals surface area (Å²) in [6.45, 7) is 12.8. The molecule has 0 aromatic carbocycles. The van der Waals surface area contributed by atoms with Gasteiger partial charge in [-0.25, -0.2) is 4.79 Å². The summed E-state index contributed by atoms with van der Waals surface area (Å²) in [6.07, 6.45) is -0.0721. The van der Waals surface area contributed by atoms with Crippen LogP contribution in [-0.2, 0) is 38.3 Å². The number of hydrogen-bond donors (Lipinski definition) is 0. The third kappa shape index (κ3) is 11.5. The number of nitrogens with zero attached hydrogens (tertiary/aromatic N) is 2.